The third-order valence-corrected chi connectivity index (χ3v) is 2.52. The number of carbonyl (C=O) groups is 1. The predicted molar refractivity (Wildman–Crippen MR) is 57.2 cm³/mol. The van der Waals surface area contributed by atoms with Gasteiger partial charge in [0.05, 0.1) is 22.9 Å². The van der Waals surface area contributed by atoms with E-state index in [2.05, 4.69) is 4.98 Å². The van der Waals surface area contributed by atoms with Crippen molar-refractivity contribution in [3.8, 4) is 0 Å². The lowest BCUT2D eigenvalue weighted by atomic mass is 10.1. The molecule has 0 spiro atoms. The molecule has 3 nitrogen and oxygen atoms in total. The van der Waals surface area contributed by atoms with Crippen molar-refractivity contribution < 1.29 is 9.53 Å². The van der Waals surface area contributed by atoms with Crippen LogP contribution >= 0.6 is 23.2 Å². The van der Waals surface area contributed by atoms with Gasteiger partial charge in [-0.15, -0.1) is 0 Å². The number of nitrogens with zero attached hydrogens (tertiary/aromatic N) is 1. The number of hydrogen-bond donors (Lipinski definition) is 0. The molecule has 78 valence electrons. The zero-order valence-corrected chi connectivity index (χ0v) is 9.18. The topological polar surface area (TPSA) is 39.2 Å². The van der Waals surface area contributed by atoms with Crippen LogP contribution in [0.3, 0.4) is 0 Å². The minimum Gasteiger partial charge on any atom is -0.500 e. The molecular weight excluding hydrogens is 237 g/mol. The largest absolute Gasteiger partial charge is 0.500 e. The van der Waals surface area contributed by atoms with Crippen LogP contribution in [0.2, 0.25) is 10.0 Å². The normalized spacial score (nSPS) is 14.7. The van der Waals surface area contributed by atoms with Crippen LogP contribution in [0.25, 0.3) is 0 Å². The fourth-order valence-electron chi connectivity index (χ4n) is 1.29. The van der Waals surface area contributed by atoms with E-state index < -0.39 is 0 Å². The number of Topliss-reactive ketones (excluding diaryl/α,β-unsaturated/α-hetero) is 1. The molecule has 0 bridgehead atoms. The van der Waals surface area contributed by atoms with Crippen molar-refractivity contribution >= 4 is 29.0 Å². The lowest BCUT2D eigenvalue weighted by molar-refractivity contribution is 0.102. The first kappa shape index (κ1) is 10.5. The Morgan fingerprint density at radius 1 is 1.47 bits per heavy atom. The Labute approximate surface area is 96.7 Å². The van der Waals surface area contributed by atoms with Gasteiger partial charge in [0.2, 0.25) is 5.78 Å². The van der Waals surface area contributed by atoms with Crippen molar-refractivity contribution in [2.45, 2.75) is 6.42 Å². The SMILES string of the molecule is O=C(C1=COCC1)c1ncc(Cl)cc1Cl. The zero-order valence-electron chi connectivity index (χ0n) is 7.67. The maximum absolute atomic E-state index is 11.8. The fourth-order valence-corrected chi connectivity index (χ4v) is 1.75. The van der Waals surface area contributed by atoms with Gasteiger partial charge in [-0.1, -0.05) is 23.2 Å². The minimum absolute atomic E-state index is 0.200. The summed E-state index contributed by atoms with van der Waals surface area (Å²) in [5.74, 6) is -0.200. The van der Waals surface area contributed by atoms with E-state index >= 15 is 0 Å². The Balaban J connectivity index is 2.33. The number of hydrogen-bond acceptors (Lipinski definition) is 3. The molecule has 2 rings (SSSR count). The molecule has 1 aromatic rings. The molecule has 0 saturated heterocycles. The van der Waals surface area contributed by atoms with E-state index in [9.17, 15) is 4.79 Å². The van der Waals surface area contributed by atoms with Gasteiger partial charge >= 0.3 is 0 Å². The number of ketones is 1. The summed E-state index contributed by atoms with van der Waals surface area (Å²) in [7, 11) is 0. The average molecular weight is 244 g/mol. The van der Waals surface area contributed by atoms with E-state index in [1.807, 2.05) is 0 Å². The van der Waals surface area contributed by atoms with Gasteiger partial charge in [0.15, 0.2) is 0 Å². The standard InChI is InChI=1S/C10H7Cl2NO2/c11-7-3-8(12)9(13-4-7)10(14)6-1-2-15-5-6/h3-5H,1-2H2. The quantitative estimate of drug-likeness (QED) is 0.751. The Hall–Kier alpha value is -1.06. The molecule has 0 N–H and O–H groups in total. The van der Waals surface area contributed by atoms with Crippen LogP contribution in [0.1, 0.15) is 16.9 Å². The average Bonchev–Trinajstić information content (AvgIpc) is 2.69. The molecule has 1 aliphatic rings. The van der Waals surface area contributed by atoms with Crippen molar-refractivity contribution in [2.24, 2.45) is 0 Å². The third kappa shape index (κ3) is 2.13. The van der Waals surface area contributed by atoms with Crippen LogP contribution in [-0.2, 0) is 4.74 Å². The van der Waals surface area contributed by atoms with Gasteiger partial charge in [0.1, 0.15) is 5.69 Å². The molecule has 0 atom stereocenters. The predicted octanol–water partition coefficient (Wildman–Crippen LogP) is 2.88. The van der Waals surface area contributed by atoms with Gasteiger partial charge in [-0.2, -0.15) is 0 Å². The number of pyridine rings is 1. The number of aromatic nitrogens is 1. The van der Waals surface area contributed by atoms with Gasteiger partial charge in [0.25, 0.3) is 0 Å². The second-order valence-electron chi connectivity index (χ2n) is 3.08. The van der Waals surface area contributed by atoms with E-state index in [4.69, 9.17) is 27.9 Å². The van der Waals surface area contributed by atoms with Crippen LogP contribution in [0.4, 0.5) is 0 Å². The second-order valence-corrected chi connectivity index (χ2v) is 3.92. The molecule has 0 unspecified atom stereocenters. The smallest absolute Gasteiger partial charge is 0.212 e. The van der Waals surface area contributed by atoms with Gasteiger partial charge in [-0.25, -0.2) is 4.98 Å². The van der Waals surface area contributed by atoms with E-state index in [1.54, 1.807) is 0 Å². The third-order valence-electron chi connectivity index (χ3n) is 2.03. The highest BCUT2D eigenvalue weighted by Gasteiger charge is 2.20. The van der Waals surface area contributed by atoms with Crippen LogP contribution in [0, 0.1) is 0 Å². The van der Waals surface area contributed by atoms with Gasteiger partial charge < -0.3 is 4.74 Å². The van der Waals surface area contributed by atoms with Crippen molar-refractivity contribution in [3.63, 3.8) is 0 Å². The summed E-state index contributed by atoms with van der Waals surface area (Å²) in [6, 6.07) is 1.50. The molecule has 1 aliphatic heterocycles. The Kier molecular flexibility index (Phi) is 2.93. The van der Waals surface area contributed by atoms with Crippen LogP contribution in [-0.4, -0.2) is 17.4 Å². The Morgan fingerprint density at radius 3 is 2.87 bits per heavy atom. The number of ether oxygens (including phenoxy) is 1. The first-order valence-corrected chi connectivity index (χ1v) is 5.10. The fraction of sp³-hybridized carbons (Fsp3) is 0.200. The summed E-state index contributed by atoms with van der Waals surface area (Å²) in [4.78, 5) is 15.8. The molecule has 0 radical (unpaired) electrons. The van der Waals surface area contributed by atoms with Crippen LogP contribution < -0.4 is 0 Å². The van der Waals surface area contributed by atoms with E-state index in [0.29, 0.717) is 23.6 Å². The number of halogens is 2. The maximum atomic E-state index is 11.8. The highest BCUT2D eigenvalue weighted by molar-refractivity contribution is 6.37. The maximum Gasteiger partial charge on any atom is 0.212 e. The molecule has 0 amide bonds. The summed E-state index contributed by atoms with van der Waals surface area (Å²) >= 11 is 11.6. The summed E-state index contributed by atoms with van der Waals surface area (Å²) in [6.45, 7) is 0.534. The van der Waals surface area contributed by atoms with Crippen molar-refractivity contribution in [3.05, 3.63) is 39.8 Å². The molecule has 0 aliphatic carbocycles. The molecule has 0 saturated carbocycles. The molecule has 0 fully saturated rings. The molecule has 0 aromatic carbocycles. The molecule has 1 aromatic heterocycles. The van der Waals surface area contributed by atoms with Gasteiger partial charge in [0, 0.05) is 18.2 Å². The molecule has 2 heterocycles. The first-order chi connectivity index (χ1) is 7.18. The zero-order chi connectivity index (χ0) is 10.8. The van der Waals surface area contributed by atoms with E-state index in [1.165, 1.54) is 18.5 Å². The Morgan fingerprint density at radius 2 is 2.27 bits per heavy atom. The summed E-state index contributed by atoms with van der Waals surface area (Å²) < 4.78 is 4.98. The minimum atomic E-state index is -0.200. The second kappa shape index (κ2) is 4.21. The number of rotatable bonds is 2. The molecule has 15 heavy (non-hydrogen) atoms. The van der Waals surface area contributed by atoms with E-state index in [0.717, 1.165) is 0 Å². The van der Waals surface area contributed by atoms with Crippen LogP contribution in [0.15, 0.2) is 24.1 Å². The first-order valence-electron chi connectivity index (χ1n) is 4.35. The summed E-state index contributed by atoms with van der Waals surface area (Å²) in [5.41, 5.74) is 0.810. The van der Waals surface area contributed by atoms with Crippen molar-refractivity contribution in [1.82, 2.24) is 4.98 Å². The highest BCUT2D eigenvalue weighted by atomic mass is 35.5. The van der Waals surface area contributed by atoms with Crippen LogP contribution in [0.5, 0.6) is 0 Å². The monoisotopic (exact) mass is 243 g/mol. The van der Waals surface area contributed by atoms with E-state index in [-0.39, 0.29) is 16.5 Å². The van der Waals surface area contributed by atoms with Crippen molar-refractivity contribution in [1.29, 1.82) is 0 Å². The summed E-state index contributed by atoms with van der Waals surface area (Å²) in [5, 5.41) is 0.675. The summed E-state index contributed by atoms with van der Waals surface area (Å²) in [6.07, 6.45) is 3.45. The molecule has 5 heteroatoms. The highest BCUT2D eigenvalue weighted by Crippen LogP contribution is 2.23. The van der Waals surface area contributed by atoms with Gasteiger partial charge in [-0.05, 0) is 6.07 Å². The lowest BCUT2D eigenvalue weighted by Gasteiger charge is -2.01. The van der Waals surface area contributed by atoms with Crippen molar-refractivity contribution in [2.75, 3.05) is 6.61 Å². The molecular formula is C10H7Cl2NO2. The van der Waals surface area contributed by atoms with Gasteiger partial charge in [-0.3, -0.25) is 4.79 Å². The lowest BCUT2D eigenvalue weighted by Crippen LogP contribution is -2.05. The Bertz CT molecular complexity index is 443. The number of carbonyl (C=O) groups excluding carboxylic acids is 1.